The first-order valence-corrected chi connectivity index (χ1v) is 37.8. The van der Waals surface area contributed by atoms with Crippen LogP contribution in [0.4, 0.5) is 26.2 Å². The summed E-state index contributed by atoms with van der Waals surface area (Å²) < 4.78 is 49.7. The maximum Gasteiger partial charge on any atom is 0.410 e. The number of hydrogen-bond acceptors (Lipinski definition) is 18. The van der Waals surface area contributed by atoms with Gasteiger partial charge in [-0.3, -0.25) is 48.2 Å². The molecule has 2 aliphatic heterocycles. The number of aromatic nitrogens is 4. The van der Waals surface area contributed by atoms with Crippen molar-refractivity contribution in [3.05, 3.63) is 131 Å². The summed E-state index contributed by atoms with van der Waals surface area (Å²) in [5.74, 6) is -4.54. The van der Waals surface area contributed by atoms with Crippen LogP contribution in [0, 0.1) is 23.7 Å². The Morgan fingerprint density at radius 2 is 1.55 bits per heavy atom. The van der Waals surface area contributed by atoms with Crippen LogP contribution in [0.3, 0.4) is 0 Å². The van der Waals surface area contributed by atoms with Crippen molar-refractivity contribution in [1.82, 2.24) is 45.5 Å². The molecule has 10 rings (SSSR count). The second-order valence-electron chi connectivity index (χ2n) is 28.7. The normalized spacial score (nSPS) is 19.1. The molecule has 9 amide bonds. The largest absolute Gasteiger partial charge is 0.476 e. The van der Waals surface area contributed by atoms with E-state index in [1.54, 1.807) is 56.4 Å². The minimum absolute atomic E-state index is 0.0169. The molecule has 2 unspecified atom stereocenters. The number of primary amides is 1. The highest BCUT2D eigenvalue weighted by Gasteiger charge is 2.53. The van der Waals surface area contributed by atoms with E-state index in [9.17, 15) is 61.2 Å². The van der Waals surface area contributed by atoms with Crippen LogP contribution >= 0.6 is 11.3 Å². The van der Waals surface area contributed by atoms with E-state index in [1.165, 1.54) is 28.4 Å². The zero-order chi connectivity index (χ0) is 74.5. The van der Waals surface area contributed by atoms with E-state index in [-0.39, 0.29) is 92.3 Å². The first-order chi connectivity index (χ1) is 49.5. The number of anilines is 3. The molecule has 28 nitrogen and oxygen atoms in total. The van der Waals surface area contributed by atoms with Gasteiger partial charge in [0.15, 0.2) is 10.8 Å². The number of rotatable bonds is 34. The summed E-state index contributed by atoms with van der Waals surface area (Å²) in [5.41, 5.74) is 10.1. The molecule has 0 saturated heterocycles. The number of carboxylic acids is 1. The molecule has 3 aromatic carbocycles. The van der Waals surface area contributed by atoms with Gasteiger partial charge >= 0.3 is 18.1 Å². The number of nitrogens with zero attached hydrogens (tertiary/aromatic N) is 7. The van der Waals surface area contributed by atoms with Crippen LogP contribution in [0.15, 0.2) is 97.2 Å². The summed E-state index contributed by atoms with van der Waals surface area (Å²) in [7, 11) is -4.52. The summed E-state index contributed by atoms with van der Waals surface area (Å²) in [6.07, 6.45) is 12.6. The number of amides is 9. The van der Waals surface area contributed by atoms with Gasteiger partial charge in [0, 0.05) is 92.5 Å². The van der Waals surface area contributed by atoms with Gasteiger partial charge in [0.1, 0.15) is 24.5 Å². The molecule has 2 bridgehead atoms. The number of para-hydroxylation sites is 1. The lowest BCUT2D eigenvalue weighted by Gasteiger charge is -2.57. The Hall–Kier alpha value is -9.65. The topological polar surface area (TPSA) is 386 Å². The van der Waals surface area contributed by atoms with Crippen LogP contribution in [-0.2, 0) is 69.7 Å². The van der Waals surface area contributed by atoms with E-state index >= 15 is 0 Å². The summed E-state index contributed by atoms with van der Waals surface area (Å²) >= 11 is 1.40. The number of imide groups is 1. The number of carbonyl (C=O) groups excluding carboxylic acids is 8. The van der Waals surface area contributed by atoms with Crippen LogP contribution < -0.4 is 37.2 Å². The monoisotopic (exact) mass is 1470 g/mol. The number of carboxylic acid groups (broad SMARTS) is 1. The third kappa shape index (κ3) is 20.2. The molecule has 0 radical (unpaired) electrons. The van der Waals surface area contributed by atoms with E-state index < -0.39 is 75.9 Å². The van der Waals surface area contributed by atoms with Gasteiger partial charge in [-0.1, -0.05) is 88.3 Å². The Labute approximate surface area is 608 Å². The van der Waals surface area contributed by atoms with Crippen LogP contribution in [-0.4, -0.2) is 164 Å². The van der Waals surface area contributed by atoms with Crippen molar-refractivity contribution in [2.45, 2.75) is 168 Å². The average molecular weight is 1470 g/mol. The van der Waals surface area contributed by atoms with Crippen molar-refractivity contribution >= 4 is 102 Å². The summed E-state index contributed by atoms with van der Waals surface area (Å²) in [6, 6.07) is 20.3. The Balaban J connectivity index is 0.745. The number of thiazole rings is 1. The van der Waals surface area contributed by atoms with Gasteiger partial charge in [0.2, 0.25) is 17.7 Å². The zero-order valence-electron chi connectivity index (χ0n) is 59.4. The van der Waals surface area contributed by atoms with Crippen molar-refractivity contribution in [2.24, 2.45) is 22.5 Å². The molecule has 2 aliphatic carbocycles. The van der Waals surface area contributed by atoms with Gasteiger partial charge in [-0.2, -0.15) is 13.5 Å². The Kier molecular flexibility index (Phi) is 25.1. The number of urea groups is 1. The molecule has 104 heavy (non-hydrogen) atoms. The van der Waals surface area contributed by atoms with E-state index in [1.807, 2.05) is 59.0 Å². The van der Waals surface area contributed by atoms with E-state index in [4.69, 9.17) is 25.3 Å². The van der Waals surface area contributed by atoms with Gasteiger partial charge in [-0.05, 0) is 160 Å². The van der Waals surface area contributed by atoms with Crippen molar-refractivity contribution in [3.8, 4) is 11.1 Å². The maximum atomic E-state index is 14.0. The molecular formula is C74H93N13O15S2. The SMILES string of the molecule is Cc1c(-c2ccc(N3CCc4cccc(C(=O)Nc5nc6ccccc6s5)c4C3)nc2C(=O)O)cnn1CCCC1(OCCN(CCS(=O)(=O)O)C(=O)OCc2ccc(NC(=O)[C@H](CCCNC(N)=O)NC(=O)[C@@H](NC(=O)CCCCCN3C(=O)C=CC3=O)C(C)C)cc2)CC2(C)CCCC(C)(C2)C1. The van der Waals surface area contributed by atoms with Gasteiger partial charge in [0.25, 0.3) is 27.8 Å². The molecule has 3 aromatic heterocycles. The molecule has 4 atom stereocenters. The van der Waals surface area contributed by atoms with Gasteiger partial charge in [-0.15, -0.1) is 0 Å². The molecule has 4 aliphatic rings. The quantitative estimate of drug-likeness (QED) is 0.0106. The Morgan fingerprint density at radius 3 is 2.25 bits per heavy atom. The second kappa shape index (κ2) is 33.9. The summed E-state index contributed by atoms with van der Waals surface area (Å²) in [5, 5.41) is 29.7. The molecule has 0 spiro atoms. The molecular weight excluding hydrogens is 1380 g/mol. The van der Waals surface area contributed by atoms with Gasteiger partial charge < -0.3 is 51.4 Å². The summed E-state index contributed by atoms with van der Waals surface area (Å²) in [4.78, 5) is 130. The number of ether oxygens (including phenoxy) is 2. The predicted molar refractivity (Wildman–Crippen MR) is 391 cm³/mol. The van der Waals surface area contributed by atoms with Crippen LogP contribution in [0.2, 0.25) is 0 Å². The highest BCUT2D eigenvalue weighted by molar-refractivity contribution is 7.85. The first kappa shape index (κ1) is 77.0. The smallest absolute Gasteiger partial charge is 0.410 e. The molecule has 5 heterocycles. The number of unbranched alkanes of at least 4 members (excludes halogenated alkanes) is 2. The number of nitrogens with one attached hydrogen (secondary N) is 5. The van der Waals surface area contributed by atoms with Gasteiger partial charge in [-0.25, -0.2) is 24.4 Å². The number of benzene rings is 3. The fraction of sp³-hybridized carbons (Fsp3) is 0.486. The number of pyridine rings is 1. The molecule has 6 aromatic rings. The maximum absolute atomic E-state index is 14.0. The number of aryl methyl sites for hydroxylation is 1. The fourth-order valence-corrected chi connectivity index (χ4v) is 16.6. The van der Waals surface area contributed by atoms with E-state index in [0.717, 1.165) is 70.5 Å². The lowest BCUT2D eigenvalue weighted by Crippen LogP contribution is -2.54. The third-order valence-corrected chi connectivity index (χ3v) is 21.7. The minimum Gasteiger partial charge on any atom is -0.476 e. The average Bonchev–Trinajstić information content (AvgIpc) is 0.764. The lowest BCUT2D eigenvalue weighted by molar-refractivity contribution is -0.160. The number of carbonyl (C=O) groups is 9. The van der Waals surface area contributed by atoms with Crippen molar-refractivity contribution in [1.29, 1.82) is 0 Å². The highest BCUT2D eigenvalue weighted by atomic mass is 32.2. The number of nitrogens with two attached hydrogens (primary N) is 1. The number of aromatic carboxylic acids is 1. The molecule has 30 heteroatoms. The van der Waals surface area contributed by atoms with E-state index in [0.29, 0.717) is 97.0 Å². The van der Waals surface area contributed by atoms with Crippen molar-refractivity contribution < 1.29 is 70.7 Å². The second-order valence-corrected chi connectivity index (χ2v) is 31.3. The zero-order valence-corrected chi connectivity index (χ0v) is 61.0. The van der Waals surface area contributed by atoms with E-state index in [2.05, 4.69) is 45.4 Å². The first-order valence-electron chi connectivity index (χ1n) is 35.4. The lowest BCUT2D eigenvalue weighted by atomic mass is 9.51. The summed E-state index contributed by atoms with van der Waals surface area (Å²) in [6.45, 7) is 11.0. The predicted octanol–water partition coefficient (Wildman–Crippen LogP) is 9.32. The Morgan fingerprint density at radius 1 is 0.808 bits per heavy atom. The van der Waals surface area contributed by atoms with Crippen molar-refractivity contribution in [2.75, 3.05) is 60.6 Å². The minimum atomic E-state index is -4.52. The van der Waals surface area contributed by atoms with Crippen LogP contribution in [0.1, 0.15) is 161 Å². The van der Waals surface area contributed by atoms with Gasteiger partial charge in [0.05, 0.1) is 34.4 Å². The van der Waals surface area contributed by atoms with Crippen molar-refractivity contribution in [3.63, 3.8) is 0 Å². The number of fused-ring (bicyclic) bond motifs is 4. The Bertz CT molecular complexity index is 4260. The third-order valence-electron chi connectivity index (χ3n) is 20.0. The fourth-order valence-electron chi connectivity index (χ4n) is 15.2. The molecule has 9 N–H and O–H groups in total. The molecule has 2 saturated carbocycles. The standard InChI is InChI=1S/C74H93N13O15S2/c1-47(2)63(82-60(88)20-7-6-10-34-86-61(89)27-28-62(86)90)67(93)79-57(18-12-33-76-69(75)96)66(92)78-51-23-21-49(22-24-51)43-101-71(97)84(38-40-104(98,99)100)37-39-102-74(45-72(4)30-13-31-73(5,44-72)46-74)32-14-35-87-48(3)54(41-77-87)52-25-26-59(81-64(52)68(94)95)85-36-29-50-15-11-16-53(55(50)42-85)65(91)83-70-80-56-17-8-9-19-58(56)103-70/h8-9,11,15-17,19,21-28,41,47,57,63H,6-7,10,12-14,18,20,29-40,42-46H2,1-5H3,(H,78,92)(H,79,93)(H,82,88)(H,94,95)(H3,75,76,96)(H,80,83,91)(H,98,99,100)/t57-,63-,72?,73?,74?/m0/s1. The highest BCUT2D eigenvalue weighted by Crippen LogP contribution is 2.60. The molecule has 2 fully saturated rings. The number of hydrogen-bond donors (Lipinski definition) is 8. The van der Waals surface area contributed by atoms with Crippen LogP contribution in [0.25, 0.3) is 21.3 Å². The molecule has 556 valence electrons. The van der Waals surface area contributed by atoms with Crippen LogP contribution in [0.5, 0.6) is 0 Å².